The van der Waals surface area contributed by atoms with Gasteiger partial charge in [-0.3, -0.25) is 9.69 Å². The molecule has 1 heterocycles. The van der Waals surface area contributed by atoms with Crippen LogP contribution < -0.4 is 5.32 Å². The fourth-order valence-electron chi connectivity index (χ4n) is 3.79. The molecule has 2 aliphatic rings. The highest BCUT2D eigenvalue weighted by Gasteiger charge is 2.23. The van der Waals surface area contributed by atoms with Crippen LogP contribution in [0.1, 0.15) is 38.2 Å². The molecule has 0 aromatic heterocycles. The van der Waals surface area contributed by atoms with Gasteiger partial charge in [0.2, 0.25) is 5.91 Å². The Morgan fingerprint density at radius 2 is 2.04 bits per heavy atom. The van der Waals surface area contributed by atoms with Gasteiger partial charge in [0.15, 0.2) is 9.84 Å². The third kappa shape index (κ3) is 6.59. The second-order valence-electron chi connectivity index (χ2n) is 7.88. The molecule has 1 saturated carbocycles. The van der Waals surface area contributed by atoms with Gasteiger partial charge in [-0.15, -0.1) is 0 Å². The molecule has 150 valence electrons. The maximum Gasteiger partial charge on any atom is 0.238 e. The molecule has 1 aliphatic heterocycles. The van der Waals surface area contributed by atoms with Crippen LogP contribution >= 0.6 is 0 Å². The maximum absolute atomic E-state index is 12.3. The normalized spacial score (nSPS) is 25.8. The van der Waals surface area contributed by atoms with Crippen LogP contribution in [0.5, 0.6) is 0 Å². The first-order chi connectivity index (χ1) is 12.9. The monoisotopic (exact) mass is 394 g/mol. The number of hydrogen-bond acceptors (Lipinski definition) is 5. The van der Waals surface area contributed by atoms with Crippen LogP contribution in [-0.2, 0) is 26.0 Å². The molecule has 2 unspecified atom stereocenters. The van der Waals surface area contributed by atoms with E-state index in [1.165, 1.54) is 12.8 Å². The van der Waals surface area contributed by atoms with E-state index in [2.05, 4.69) is 12.2 Å². The van der Waals surface area contributed by atoms with Crippen LogP contribution in [0.3, 0.4) is 0 Å². The molecule has 27 heavy (non-hydrogen) atoms. The number of nitrogens with one attached hydrogen (secondary N) is 1. The fraction of sp³-hybridized carbons (Fsp3) is 0.650. The Labute approximate surface area is 162 Å². The van der Waals surface area contributed by atoms with E-state index in [1.54, 1.807) is 0 Å². The molecule has 0 spiro atoms. The highest BCUT2D eigenvalue weighted by atomic mass is 32.2. The van der Waals surface area contributed by atoms with Gasteiger partial charge in [0, 0.05) is 18.8 Å². The fourth-order valence-corrected chi connectivity index (χ4v) is 5.07. The van der Waals surface area contributed by atoms with Crippen molar-refractivity contribution in [3.63, 3.8) is 0 Å². The second kappa shape index (κ2) is 9.17. The van der Waals surface area contributed by atoms with E-state index in [9.17, 15) is 13.2 Å². The summed E-state index contributed by atoms with van der Waals surface area (Å²) in [5.41, 5.74) is 1.80. The van der Waals surface area contributed by atoms with Crippen molar-refractivity contribution < 1.29 is 17.9 Å². The topological polar surface area (TPSA) is 75.7 Å². The lowest BCUT2D eigenvalue weighted by Crippen LogP contribution is -2.43. The number of sulfone groups is 1. The number of rotatable bonds is 6. The first-order valence-electron chi connectivity index (χ1n) is 9.83. The average molecular weight is 395 g/mol. The summed E-state index contributed by atoms with van der Waals surface area (Å²) < 4.78 is 29.0. The van der Waals surface area contributed by atoms with Crippen molar-refractivity contribution in [3.8, 4) is 0 Å². The Bertz CT molecular complexity index is 736. The van der Waals surface area contributed by atoms with Crippen molar-refractivity contribution in [3.05, 3.63) is 29.8 Å². The van der Waals surface area contributed by atoms with Crippen molar-refractivity contribution in [2.45, 2.75) is 45.3 Å². The van der Waals surface area contributed by atoms with Gasteiger partial charge in [0.25, 0.3) is 0 Å². The molecule has 1 aliphatic carbocycles. The standard InChI is InChI=1S/C20H30N2O4S/c1-16-4-2-7-19(12-16)26-15-17-5-3-6-18(13-17)21-20(23)14-22-8-10-27(24,25)11-9-22/h3,5-6,13,16,19H,2,4,7-12,14-15H2,1H3,(H,21,23). The number of anilines is 1. The van der Waals surface area contributed by atoms with Gasteiger partial charge >= 0.3 is 0 Å². The third-order valence-electron chi connectivity index (χ3n) is 5.39. The number of carbonyl (C=O) groups excluding carboxylic acids is 1. The first kappa shape index (κ1) is 20.3. The number of hydrogen-bond donors (Lipinski definition) is 1. The van der Waals surface area contributed by atoms with Crippen molar-refractivity contribution in [1.29, 1.82) is 0 Å². The summed E-state index contributed by atoms with van der Waals surface area (Å²) >= 11 is 0. The molecule has 2 atom stereocenters. The van der Waals surface area contributed by atoms with E-state index in [4.69, 9.17) is 4.74 Å². The third-order valence-corrected chi connectivity index (χ3v) is 7.00. The molecule has 6 nitrogen and oxygen atoms in total. The number of carbonyl (C=O) groups is 1. The number of amides is 1. The van der Waals surface area contributed by atoms with Gasteiger partial charge in [0.05, 0.1) is 30.8 Å². The maximum atomic E-state index is 12.3. The SMILES string of the molecule is CC1CCCC(OCc2cccc(NC(=O)CN3CCS(=O)(=O)CC3)c2)C1. The molecule has 1 N–H and O–H groups in total. The molecule has 0 bridgehead atoms. The molecule has 3 rings (SSSR count). The van der Waals surface area contributed by atoms with Crippen LogP contribution in [0.4, 0.5) is 5.69 Å². The van der Waals surface area contributed by atoms with Gasteiger partial charge < -0.3 is 10.1 Å². The lowest BCUT2D eigenvalue weighted by molar-refractivity contribution is -0.117. The molecule has 1 saturated heterocycles. The van der Waals surface area contributed by atoms with Crippen LogP contribution in [0.2, 0.25) is 0 Å². The van der Waals surface area contributed by atoms with Crippen LogP contribution in [0.15, 0.2) is 24.3 Å². The second-order valence-corrected chi connectivity index (χ2v) is 10.2. The minimum absolute atomic E-state index is 0.117. The Morgan fingerprint density at radius 3 is 2.78 bits per heavy atom. The molecule has 1 aromatic carbocycles. The summed E-state index contributed by atoms with van der Waals surface area (Å²) in [6, 6.07) is 7.75. The predicted molar refractivity (Wildman–Crippen MR) is 106 cm³/mol. The van der Waals surface area contributed by atoms with Crippen LogP contribution in [0, 0.1) is 5.92 Å². The Morgan fingerprint density at radius 1 is 1.26 bits per heavy atom. The smallest absolute Gasteiger partial charge is 0.238 e. The highest BCUT2D eigenvalue weighted by molar-refractivity contribution is 7.91. The minimum atomic E-state index is -2.92. The van der Waals surface area contributed by atoms with E-state index >= 15 is 0 Å². The summed E-state index contributed by atoms with van der Waals surface area (Å²) in [7, 11) is -2.92. The Kier molecular flexibility index (Phi) is 6.89. The highest BCUT2D eigenvalue weighted by Crippen LogP contribution is 2.26. The van der Waals surface area contributed by atoms with Crippen LogP contribution in [0.25, 0.3) is 0 Å². The summed E-state index contributed by atoms with van der Waals surface area (Å²) in [5.74, 6) is 0.882. The van der Waals surface area contributed by atoms with Crippen molar-refractivity contribution in [2.24, 2.45) is 5.92 Å². The largest absolute Gasteiger partial charge is 0.374 e. The van der Waals surface area contributed by atoms with Crippen molar-refractivity contribution in [1.82, 2.24) is 4.90 Å². The summed E-state index contributed by atoms with van der Waals surface area (Å²) in [4.78, 5) is 14.1. The Hall–Kier alpha value is -1.44. The van der Waals surface area contributed by atoms with Gasteiger partial charge in [-0.25, -0.2) is 8.42 Å². The van der Waals surface area contributed by atoms with E-state index < -0.39 is 9.84 Å². The van der Waals surface area contributed by atoms with Gasteiger partial charge in [0.1, 0.15) is 0 Å². The van der Waals surface area contributed by atoms with Crippen molar-refractivity contribution >= 4 is 21.4 Å². The Balaban J connectivity index is 1.46. The van der Waals surface area contributed by atoms with Crippen molar-refractivity contribution in [2.75, 3.05) is 36.5 Å². The molecule has 2 fully saturated rings. The molecule has 1 aromatic rings. The lowest BCUT2D eigenvalue weighted by Gasteiger charge is -2.27. The molecule has 0 radical (unpaired) electrons. The zero-order chi connectivity index (χ0) is 19.3. The molecule has 7 heteroatoms. The first-order valence-corrected chi connectivity index (χ1v) is 11.6. The predicted octanol–water partition coefficient (Wildman–Crippen LogP) is 2.45. The molecule has 1 amide bonds. The minimum Gasteiger partial charge on any atom is -0.374 e. The van der Waals surface area contributed by atoms with Crippen LogP contribution in [-0.4, -0.2) is 56.5 Å². The van der Waals surface area contributed by atoms with E-state index in [0.29, 0.717) is 25.8 Å². The van der Waals surface area contributed by atoms with Gasteiger partial charge in [-0.2, -0.15) is 0 Å². The average Bonchev–Trinajstić information content (AvgIpc) is 2.62. The van der Waals surface area contributed by atoms with E-state index in [0.717, 1.165) is 30.0 Å². The summed E-state index contributed by atoms with van der Waals surface area (Å²) in [5, 5.41) is 2.91. The number of nitrogens with zero attached hydrogens (tertiary/aromatic N) is 1. The van der Waals surface area contributed by atoms with E-state index in [-0.39, 0.29) is 24.0 Å². The lowest BCUT2D eigenvalue weighted by atomic mass is 9.89. The van der Waals surface area contributed by atoms with Gasteiger partial charge in [-0.05, 0) is 36.5 Å². The zero-order valence-corrected chi connectivity index (χ0v) is 16.8. The summed E-state index contributed by atoms with van der Waals surface area (Å²) in [6.07, 6.45) is 5.13. The van der Waals surface area contributed by atoms with E-state index in [1.807, 2.05) is 29.2 Å². The zero-order valence-electron chi connectivity index (χ0n) is 16.0. The molecular formula is C20H30N2O4S. The number of ether oxygens (including phenoxy) is 1. The molecular weight excluding hydrogens is 364 g/mol. The van der Waals surface area contributed by atoms with Gasteiger partial charge in [-0.1, -0.05) is 31.9 Å². The summed E-state index contributed by atoms with van der Waals surface area (Å²) in [6.45, 7) is 3.90. The quantitative estimate of drug-likeness (QED) is 0.802. The number of benzene rings is 1.